The Morgan fingerprint density at radius 3 is 2.21 bits per heavy atom. The lowest BCUT2D eigenvalue weighted by atomic mass is 9.40. The summed E-state index contributed by atoms with van der Waals surface area (Å²) in [6.45, 7) is 19.2. The van der Waals surface area contributed by atoms with Crippen LogP contribution in [0.25, 0.3) is 0 Å². The molecule has 3 aliphatic rings. The standard InChI is InChI=1S/C35H52F2N2O3/c1-11-13-29(2,3)15-17-32(7,39-28(42)35(10,36)37)18-16-31(6)21-24(40)19-26-33(8)20-23(22-38)27(41)30(4,5)25(33)12-14-34(26,31)9/h19-20,25H,11-18,21H2,1-10H3,(H,39,42)/t25-,31+,32-,33-,34+/m0/s1. The average Bonchev–Trinajstić information content (AvgIpc) is 2.85. The van der Waals surface area contributed by atoms with E-state index in [-0.39, 0.29) is 28.5 Å². The molecule has 234 valence electrons. The first-order valence-electron chi connectivity index (χ1n) is 15.6. The van der Waals surface area contributed by atoms with Crippen LogP contribution in [-0.4, -0.2) is 28.9 Å². The maximum Gasteiger partial charge on any atom is 0.321 e. The number of nitriles is 1. The molecule has 0 saturated heterocycles. The molecule has 5 atom stereocenters. The number of rotatable bonds is 10. The molecule has 0 spiro atoms. The Morgan fingerprint density at radius 1 is 1.05 bits per heavy atom. The number of hydrogen-bond donors (Lipinski definition) is 1. The summed E-state index contributed by atoms with van der Waals surface area (Å²) in [5, 5.41) is 12.6. The predicted octanol–water partition coefficient (Wildman–Crippen LogP) is 8.29. The molecule has 0 aromatic heterocycles. The Bertz CT molecular complexity index is 1240. The predicted molar refractivity (Wildman–Crippen MR) is 162 cm³/mol. The van der Waals surface area contributed by atoms with Crippen molar-refractivity contribution in [1.82, 2.24) is 5.32 Å². The van der Waals surface area contributed by atoms with Gasteiger partial charge in [0, 0.05) is 29.7 Å². The van der Waals surface area contributed by atoms with Crippen LogP contribution in [-0.2, 0) is 14.4 Å². The van der Waals surface area contributed by atoms with Crippen LogP contribution in [0.15, 0.2) is 23.3 Å². The number of Topliss-reactive ketones (excluding diaryl/α,β-unsaturated/α-hetero) is 1. The molecule has 3 rings (SSSR count). The van der Waals surface area contributed by atoms with Gasteiger partial charge >= 0.3 is 5.92 Å². The molecule has 3 aliphatic carbocycles. The minimum Gasteiger partial charge on any atom is -0.346 e. The number of alkyl halides is 2. The van der Waals surface area contributed by atoms with Crippen molar-refractivity contribution < 1.29 is 23.2 Å². The topological polar surface area (TPSA) is 87.0 Å². The van der Waals surface area contributed by atoms with E-state index in [0.29, 0.717) is 32.6 Å². The number of ketones is 2. The minimum absolute atomic E-state index is 0.00312. The van der Waals surface area contributed by atoms with Crippen LogP contribution in [0.1, 0.15) is 127 Å². The SMILES string of the molecule is CCCC(C)(C)CC[C@@](C)(CC[C@]1(C)CC(=O)C=C2[C@@]3(C)C=C(C#N)C(=O)C(C)(C)[C@@H]3CC[C@]21C)NC(=O)C(C)(F)F. The van der Waals surface area contributed by atoms with Gasteiger partial charge < -0.3 is 5.32 Å². The Balaban J connectivity index is 2.01. The number of hydrogen-bond acceptors (Lipinski definition) is 4. The summed E-state index contributed by atoms with van der Waals surface area (Å²) in [6.07, 6.45) is 9.77. The number of fused-ring (bicyclic) bond motifs is 3. The number of amides is 1. The number of allylic oxidation sites excluding steroid dienone is 4. The average molecular weight is 587 g/mol. The van der Waals surface area contributed by atoms with Gasteiger partial charge in [0.2, 0.25) is 0 Å². The van der Waals surface area contributed by atoms with E-state index in [4.69, 9.17) is 0 Å². The van der Waals surface area contributed by atoms with E-state index < -0.39 is 39.0 Å². The van der Waals surface area contributed by atoms with Crippen LogP contribution >= 0.6 is 0 Å². The fraction of sp³-hybridized carbons (Fsp3) is 0.771. The lowest BCUT2D eigenvalue weighted by Gasteiger charge is -2.63. The van der Waals surface area contributed by atoms with Crippen LogP contribution in [0.4, 0.5) is 8.78 Å². The van der Waals surface area contributed by atoms with Crippen LogP contribution in [0.5, 0.6) is 0 Å². The molecule has 0 radical (unpaired) electrons. The van der Waals surface area contributed by atoms with E-state index >= 15 is 0 Å². The second-order valence-corrected chi connectivity index (χ2v) is 16.0. The second kappa shape index (κ2) is 11.0. The van der Waals surface area contributed by atoms with Crippen LogP contribution < -0.4 is 5.32 Å². The van der Waals surface area contributed by atoms with E-state index in [9.17, 15) is 28.4 Å². The number of nitrogens with zero attached hydrogens (tertiary/aromatic N) is 1. The van der Waals surface area contributed by atoms with Gasteiger partial charge in [-0.2, -0.15) is 14.0 Å². The molecule has 0 bridgehead atoms. The third kappa shape index (κ3) is 6.02. The fourth-order valence-electron chi connectivity index (χ4n) is 8.59. The van der Waals surface area contributed by atoms with Crippen molar-refractivity contribution in [1.29, 1.82) is 5.26 Å². The number of halogens is 2. The summed E-state index contributed by atoms with van der Waals surface area (Å²) in [5.74, 6) is -4.96. The highest BCUT2D eigenvalue weighted by Gasteiger charge is 2.63. The van der Waals surface area contributed by atoms with E-state index in [1.54, 1.807) is 12.2 Å². The molecule has 7 heteroatoms. The third-order valence-electron chi connectivity index (χ3n) is 11.6. The molecular weight excluding hydrogens is 534 g/mol. The smallest absolute Gasteiger partial charge is 0.321 e. The van der Waals surface area contributed by atoms with E-state index in [1.165, 1.54) is 0 Å². The maximum absolute atomic E-state index is 14.1. The first-order valence-corrected chi connectivity index (χ1v) is 15.6. The molecule has 0 unspecified atom stereocenters. The monoisotopic (exact) mass is 586 g/mol. The van der Waals surface area contributed by atoms with Crippen LogP contribution in [0.2, 0.25) is 0 Å². The van der Waals surface area contributed by atoms with Gasteiger partial charge in [0.1, 0.15) is 6.07 Å². The quantitative estimate of drug-likeness (QED) is 0.279. The summed E-state index contributed by atoms with van der Waals surface area (Å²) in [7, 11) is 0. The Labute approximate surface area is 252 Å². The van der Waals surface area contributed by atoms with Crippen LogP contribution in [0.3, 0.4) is 0 Å². The largest absolute Gasteiger partial charge is 0.346 e. The van der Waals surface area contributed by atoms with Crippen molar-refractivity contribution in [2.45, 2.75) is 138 Å². The highest BCUT2D eigenvalue weighted by molar-refractivity contribution is 6.04. The van der Waals surface area contributed by atoms with Crippen molar-refractivity contribution in [2.75, 3.05) is 0 Å². The van der Waals surface area contributed by atoms with Gasteiger partial charge in [0.15, 0.2) is 11.6 Å². The zero-order valence-electron chi connectivity index (χ0n) is 27.5. The van der Waals surface area contributed by atoms with Crippen molar-refractivity contribution >= 4 is 17.5 Å². The van der Waals surface area contributed by atoms with E-state index in [0.717, 1.165) is 37.7 Å². The van der Waals surface area contributed by atoms with E-state index in [2.05, 4.69) is 52.9 Å². The molecule has 0 aromatic carbocycles. The second-order valence-electron chi connectivity index (χ2n) is 16.0. The van der Waals surface area contributed by atoms with E-state index in [1.807, 2.05) is 20.8 Å². The first-order chi connectivity index (χ1) is 19.0. The van der Waals surface area contributed by atoms with Gasteiger partial charge in [-0.15, -0.1) is 0 Å². The molecule has 1 N–H and O–H groups in total. The molecule has 1 fully saturated rings. The molecule has 5 nitrogen and oxygen atoms in total. The normalized spacial score (nSPS) is 32.5. The van der Waals surface area contributed by atoms with Crippen molar-refractivity contribution in [3.05, 3.63) is 23.3 Å². The number of carbonyl (C=O) groups is 3. The zero-order valence-corrected chi connectivity index (χ0v) is 27.5. The number of carbonyl (C=O) groups excluding carboxylic acids is 3. The van der Waals surface area contributed by atoms with Crippen molar-refractivity contribution in [3.8, 4) is 6.07 Å². The van der Waals surface area contributed by atoms with Gasteiger partial charge in [-0.05, 0) is 80.1 Å². The van der Waals surface area contributed by atoms with Crippen LogP contribution in [0, 0.1) is 44.3 Å². The summed E-state index contributed by atoms with van der Waals surface area (Å²) >= 11 is 0. The molecule has 42 heavy (non-hydrogen) atoms. The Morgan fingerprint density at radius 2 is 1.67 bits per heavy atom. The summed E-state index contributed by atoms with van der Waals surface area (Å²) in [4.78, 5) is 39.2. The summed E-state index contributed by atoms with van der Waals surface area (Å²) in [6, 6.07) is 2.12. The van der Waals surface area contributed by atoms with Gasteiger partial charge in [-0.25, -0.2) is 0 Å². The molecule has 0 aromatic rings. The molecule has 0 heterocycles. The highest BCUT2D eigenvalue weighted by atomic mass is 19.3. The lowest BCUT2D eigenvalue weighted by molar-refractivity contribution is -0.145. The van der Waals surface area contributed by atoms with Gasteiger partial charge in [-0.1, -0.05) is 73.5 Å². The Hall–Kier alpha value is -2.36. The minimum atomic E-state index is -3.49. The zero-order chi connectivity index (χ0) is 32.2. The van der Waals surface area contributed by atoms with Gasteiger partial charge in [0.25, 0.3) is 5.91 Å². The number of nitrogens with one attached hydrogen (secondary N) is 1. The fourth-order valence-corrected chi connectivity index (χ4v) is 8.59. The van der Waals surface area contributed by atoms with Crippen molar-refractivity contribution in [2.24, 2.45) is 33.0 Å². The lowest BCUT2D eigenvalue weighted by Crippen LogP contribution is -2.58. The molecule has 1 amide bonds. The van der Waals surface area contributed by atoms with Crippen molar-refractivity contribution in [3.63, 3.8) is 0 Å². The third-order valence-corrected chi connectivity index (χ3v) is 11.6. The van der Waals surface area contributed by atoms with Gasteiger partial charge in [0.05, 0.1) is 5.57 Å². The molecule has 1 saturated carbocycles. The molecular formula is C35H52F2N2O3. The summed E-state index contributed by atoms with van der Waals surface area (Å²) < 4.78 is 28.2. The first kappa shape index (κ1) is 34.1. The maximum atomic E-state index is 14.1. The van der Waals surface area contributed by atoms with Gasteiger partial charge in [-0.3, -0.25) is 14.4 Å². The Kier molecular flexibility index (Phi) is 8.92. The highest BCUT2D eigenvalue weighted by Crippen LogP contribution is 2.69. The molecule has 0 aliphatic heterocycles. The summed E-state index contributed by atoms with van der Waals surface area (Å²) in [5.41, 5.74) is -2.06.